The third kappa shape index (κ3) is 2.27. The molecule has 2 aromatic rings. The second-order valence-electron chi connectivity index (χ2n) is 3.32. The highest BCUT2D eigenvalue weighted by Gasteiger charge is 2.06. The Morgan fingerprint density at radius 2 is 1.94 bits per heavy atom. The van der Waals surface area contributed by atoms with Gasteiger partial charge in [-0.1, -0.05) is 11.6 Å². The quantitative estimate of drug-likeness (QED) is 0.807. The molecule has 0 aliphatic carbocycles. The molecule has 0 spiro atoms. The first-order valence-electron chi connectivity index (χ1n) is 4.60. The van der Waals surface area contributed by atoms with Gasteiger partial charge < -0.3 is 4.98 Å². The number of nitrogens with zero attached hydrogens (tertiary/aromatic N) is 1. The summed E-state index contributed by atoms with van der Waals surface area (Å²) in [6.45, 7) is 1.82. The molecule has 1 aromatic heterocycles. The average Bonchev–Trinajstić information content (AvgIpc) is 2.26. The van der Waals surface area contributed by atoms with Crippen molar-refractivity contribution in [3.8, 4) is 11.4 Å². The molecule has 1 N–H and O–H groups in total. The standard InChI is InChI=1S/C11H8ClIN2O/c1-6-9(13)11(16)15-10(14-6)7-2-4-8(12)5-3-7/h2-5H,1H3,(H,14,15,16). The lowest BCUT2D eigenvalue weighted by Gasteiger charge is -2.03. The maximum absolute atomic E-state index is 11.6. The van der Waals surface area contributed by atoms with Crippen LogP contribution >= 0.6 is 34.2 Å². The summed E-state index contributed by atoms with van der Waals surface area (Å²) in [6, 6.07) is 7.19. The van der Waals surface area contributed by atoms with Crippen molar-refractivity contribution in [2.75, 3.05) is 0 Å². The van der Waals surface area contributed by atoms with Crippen LogP contribution in [0.1, 0.15) is 5.69 Å². The Bertz CT molecular complexity index is 578. The molecule has 0 saturated heterocycles. The van der Waals surface area contributed by atoms with Crippen molar-refractivity contribution in [1.82, 2.24) is 9.97 Å². The Morgan fingerprint density at radius 1 is 1.31 bits per heavy atom. The highest BCUT2D eigenvalue weighted by atomic mass is 127. The van der Waals surface area contributed by atoms with Gasteiger partial charge in [-0.3, -0.25) is 4.79 Å². The fraction of sp³-hybridized carbons (Fsp3) is 0.0909. The highest BCUT2D eigenvalue weighted by Crippen LogP contribution is 2.17. The van der Waals surface area contributed by atoms with Crippen molar-refractivity contribution < 1.29 is 0 Å². The molecule has 82 valence electrons. The first-order chi connectivity index (χ1) is 7.58. The Kier molecular flexibility index (Phi) is 3.30. The monoisotopic (exact) mass is 346 g/mol. The molecule has 0 atom stereocenters. The van der Waals surface area contributed by atoms with Crippen molar-refractivity contribution in [2.45, 2.75) is 6.92 Å². The summed E-state index contributed by atoms with van der Waals surface area (Å²) in [5.41, 5.74) is 1.47. The van der Waals surface area contributed by atoms with E-state index in [-0.39, 0.29) is 5.56 Å². The second kappa shape index (κ2) is 4.55. The molecule has 0 saturated carbocycles. The molecule has 2 rings (SSSR count). The highest BCUT2D eigenvalue weighted by molar-refractivity contribution is 14.1. The zero-order valence-corrected chi connectivity index (χ0v) is 11.3. The predicted octanol–water partition coefficient (Wildman–Crippen LogP) is 3.00. The van der Waals surface area contributed by atoms with Gasteiger partial charge in [-0.25, -0.2) is 4.98 Å². The Labute approximate surface area is 111 Å². The molecule has 16 heavy (non-hydrogen) atoms. The average molecular weight is 347 g/mol. The lowest BCUT2D eigenvalue weighted by atomic mass is 10.2. The van der Waals surface area contributed by atoms with Crippen molar-refractivity contribution in [1.29, 1.82) is 0 Å². The normalized spacial score (nSPS) is 10.4. The Hall–Kier alpha value is -0.880. The van der Waals surface area contributed by atoms with E-state index in [0.717, 1.165) is 11.3 Å². The molecule has 1 heterocycles. The molecular formula is C11H8ClIN2O. The van der Waals surface area contributed by atoms with E-state index in [1.807, 2.05) is 41.6 Å². The summed E-state index contributed by atoms with van der Waals surface area (Å²) in [5, 5.41) is 0.660. The first-order valence-corrected chi connectivity index (χ1v) is 6.06. The van der Waals surface area contributed by atoms with Gasteiger partial charge in [0.15, 0.2) is 0 Å². The molecule has 1 aromatic carbocycles. The minimum atomic E-state index is -0.113. The van der Waals surface area contributed by atoms with E-state index in [9.17, 15) is 4.79 Å². The van der Waals surface area contributed by atoms with Crippen LogP contribution in [0.5, 0.6) is 0 Å². The largest absolute Gasteiger partial charge is 0.306 e. The van der Waals surface area contributed by atoms with Crippen LogP contribution in [0.25, 0.3) is 11.4 Å². The summed E-state index contributed by atoms with van der Waals surface area (Å²) in [4.78, 5) is 18.6. The van der Waals surface area contributed by atoms with Gasteiger partial charge in [-0.05, 0) is 53.8 Å². The first kappa shape index (κ1) is 11.6. The second-order valence-corrected chi connectivity index (χ2v) is 4.84. The number of benzene rings is 1. The van der Waals surface area contributed by atoms with Crippen LogP contribution in [0, 0.1) is 10.5 Å². The van der Waals surface area contributed by atoms with Gasteiger partial charge in [0, 0.05) is 10.6 Å². The third-order valence-corrected chi connectivity index (χ3v) is 3.67. The molecule has 0 fully saturated rings. The van der Waals surface area contributed by atoms with Gasteiger partial charge in [-0.15, -0.1) is 0 Å². The van der Waals surface area contributed by atoms with Crippen LogP contribution in [0.3, 0.4) is 0 Å². The summed E-state index contributed by atoms with van der Waals surface area (Å²) in [7, 11) is 0. The van der Waals surface area contributed by atoms with E-state index < -0.39 is 0 Å². The smallest absolute Gasteiger partial charge is 0.264 e. The predicted molar refractivity (Wildman–Crippen MR) is 72.8 cm³/mol. The Morgan fingerprint density at radius 3 is 2.50 bits per heavy atom. The van der Waals surface area contributed by atoms with Crippen molar-refractivity contribution >= 4 is 34.2 Å². The number of halogens is 2. The molecule has 5 heteroatoms. The van der Waals surface area contributed by atoms with Crippen LogP contribution in [-0.4, -0.2) is 9.97 Å². The van der Waals surface area contributed by atoms with Gasteiger partial charge in [0.1, 0.15) is 5.82 Å². The number of aryl methyl sites for hydroxylation is 1. The molecule has 0 amide bonds. The van der Waals surface area contributed by atoms with Gasteiger partial charge in [0.2, 0.25) is 0 Å². The number of nitrogens with one attached hydrogen (secondary N) is 1. The van der Waals surface area contributed by atoms with Crippen LogP contribution in [-0.2, 0) is 0 Å². The molecule has 0 bridgehead atoms. The fourth-order valence-corrected chi connectivity index (χ4v) is 1.70. The van der Waals surface area contributed by atoms with Crippen LogP contribution < -0.4 is 5.56 Å². The van der Waals surface area contributed by atoms with E-state index in [2.05, 4.69) is 9.97 Å². The summed E-state index contributed by atoms with van der Waals surface area (Å²) < 4.78 is 0.621. The van der Waals surface area contributed by atoms with E-state index in [4.69, 9.17) is 11.6 Å². The SMILES string of the molecule is Cc1nc(-c2ccc(Cl)cc2)[nH]c(=O)c1I. The topological polar surface area (TPSA) is 45.8 Å². The summed E-state index contributed by atoms with van der Waals surface area (Å²) in [6.07, 6.45) is 0. The maximum atomic E-state index is 11.6. The van der Waals surface area contributed by atoms with Crippen LogP contribution in [0.15, 0.2) is 29.1 Å². The lowest BCUT2D eigenvalue weighted by Crippen LogP contribution is -2.14. The zero-order valence-electron chi connectivity index (χ0n) is 8.42. The number of rotatable bonds is 1. The van der Waals surface area contributed by atoms with Crippen LogP contribution in [0.4, 0.5) is 0 Å². The van der Waals surface area contributed by atoms with E-state index in [1.54, 1.807) is 12.1 Å². The Balaban J connectivity index is 2.57. The van der Waals surface area contributed by atoms with E-state index in [1.165, 1.54) is 0 Å². The van der Waals surface area contributed by atoms with Gasteiger partial charge >= 0.3 is 0 Å². The fourth-order valence-electron chi connectivity index (χ4n) is 1.32. The van der Waals surface area contributed by atoms with Crippen molar-refractivity contribution in [3.63, 3.8) is 0 Å². The van der Waals surface area contributed by atoms with E-state index >= 15 is 0 Å². The van der Waals surface area contributed by atoms with Gasteiger partial charge in [0.25, 0.3) is 5.56 Å². The number of hydrogen-bond acceptors (Lipinski definition) is 2. The molecule has 0 aliphatic rings. The summed E-state index contributed by atoms with van der Waals surface area (Å²) in [5.74, 6) is 0.569. The number of hydrogen-bond donors (Lipinski definition) is 1. The van der Waals surface area contributed by atoms with Gasteiger partial charge in [-0.2, -0.15) is 0 Å². The number of aromatic amines is 1. The number of aromatic nitrogens is 2. The van der Waals surface area contributed by atoms with Crippen molar-refractivity contribution in [2.24, 2.45) is 0 Å². The maximum Gasteiger partial charge on any atom is 0.264 e. The summed E-state index contributed by atoms with van der Waals surface area (Å²) >= 11 is 7.78. The third-order valence-electron chi connectivity index (χ3n) is 2.15. The molecular weight excluding hydrogens is 338 g/mol. The van der Waals surface area contributed by atoms with Gasteiger partial charge in [0.05, 0.1) is 9.26 Å². The minimum Gasteiger partial charge on any atom is -0.306 e. The van der Waals surface area contributed by atoms with Crippen molar-refractivity contribution in [3.05, 3.63) is 48.9 Å². The molecule has 0 unspecified atom stereocenters. The van der Waals surface area contributed by atoms with E-state index in [0.29, 0.717) is 14.4 Å². The minimum absolute atomic E-state index is 0.113. The zero-order chi connectivity index (χ0) is 11.7. The van der Waals surface area contributed by atoms with Crippen LogP contribution in [0.2, 0.25) is 5.02 Å². The molecule has 0 aliphatic heterocycles. The molecule has 0 radical (unpaired) electrons. The lowest BCUT2D eigenvalue weighted by molar-refractivity contribution is 1.05. The molecule has 3 nitrogen and oxygen atoms in total. The number of H-pyrrole nitrogens is 1.